The minimum Gasteiger partial charge on any atom is -0.497 e. The fourth-order valence-electron chi connectivity index (χ4n) is 2.05. The largest absolute Gasteiger partial charge is 0.497 e. The summed E-state index contributed by atoms with van der Waals surface area (Å²) in [4.78, 5) is 0. The van der Waals surface area contributed by atoms with E-state index >= 15 is 0 Å². The van der Waals surface area contributed by atoms with Gasteiger partial charge in [-0.05, 0) is 53.5 Å². The number of halogens is 2. The van der Waals surface area contributed by atoms with Crippen LogP contribution in [0.3, 0.4) is 0 Å². The SMILES string of the molecule is COc1ccc(C(C)Nc2cc(C)ccc2Br)c(F)c1. The van der Waals surface area contributed by atoms with Gasteiger partial charge in [0.1, 0.15) is 11.6 Å². The molecule has 1 atom stereocenters. The number of hydrogen-bond acceptors (Lipinski definition) is 2. The van der Waals surface area contributed by atoms with Crippen LogP contribution in [0, 0.1) is 12.7 Å². The second-order valence-electron chi connectivity index (χ2n) is 4.74. The maximum Gasteiger partial charge on any atom is 0.132 e. The molecule has 0 saturated carbocycles. The van der Waals surface area contributed by atoms with Crippen LogP contribution in [0.5, 0.6) is 5.75 Å². The van der Waals surface area contributed by atoms with Crippen LogP contribution in [0.15, 0.2) is 40.9 Å². The molecule has 0 aliphatic carbocycles. The summed E-state index contributed by atoms with van der Waals surface area (Å²) in [6, 6.07) is 10.8. The third-order valence-corrected chi connectivity index (χ3v) is 3.86. The molecule has 1 unspecified atom stereocenters. The lowest BCUT2D eigenvalue weighted by Gasteiger charge is -2.18. The number of methoxy groups -OCH3 is 1. The predicted molar refractivity (Wildman–Crippen MR) is 83.9 cm³/mol. The minimum atomic E-state index is -0.270. The van der Waals surface area contributed by atoms with E-state index in [1.807, 2.05) is 32.0 Å². The zero-order valence-corrected chi connectivity index (χ0v) is 13.3. The molecule has 0 radical (unpaired) electrons. The zero-order valence-electron chi connectivity index (χ0n) is 11.7. The van der Waals surface area contributed by atoms with Crippen LogP contribution >= 0.6 is 15.9 Å². The molecule has 2 rings (SSSR count). The topological polar surface area (TPSA) is 21.3 Å². The molecular formula is C16H17BrFNO. The molecule has 1 N–H and O–H groups in total. The maximum absolute atomic E-state index is 14.0. The lowest BCUT2D eigenvalue weighted by molar-refractivity contribution is 0.410. The first-order valence-electron chi connectivity index (χ1n) is 6.37. The van der Waals surface area contributed by atoms with E-state index in [1.54, 1.807) is 12.1 Å². The first kappa shape index (κ1) is 14.9. The van der Waals surface area contributed by atoms with Crippen LogP contribution in [0.4, 0.5) is 10.1 Å². The highest BCUT2D eigenvalue weighted by Gasteiger charge is 2.13. The molecule has 0 spiro atoms. The van der Waals surface area contributed by atoms with Crippen LogP contribution in [0.1, 0.15) is 24.1 Å². The van der Waals surface area contributed by atoms with E-state index in [1.165, 1.54) is 13.2 Å². The lowest BCUT2D eigenvalue weighted by Crippen LogP contribution is -2.09. The third-order valence-electron chi connectivity index (χ3n) is 3.17. The second kappa shape index (κ2) is 6.27. The molecule has 0 amide bonds. The summed E-state index contributed by atoms with van der Waals surface area (Å²) in [6.45, 7) is 3.95. The number of aryl methyl sites for hydroxylation is 1. The molecule has 0 aliphatic rings. The van der Waals surface area contributed by atoms with Gasteiger partial charge in [0.25, 0.3) is 0 Å². The van der Waals surface area contributed by atoms with E-state index < -0.39 is 0 Å². The summed E-state index contributed by atoms with van der Waals surface area (Å²) in [5, 5.41) is 3.32. The molecule has 0 saturated heterocycles. The number of nitrogens with one attached hydrogen (secondary N) is 1. The molecule has 2 aromatic rings. The van der Waals surface area contributed by atoms with Gasteiger partial charge in [-0.1, -0.05) is 12.1 Å². The van der Waals surface area contributed by atoms with E-state index in [0.717, 1.165) is 15.7 Å². The maximum atomic E-state index is 14.0. The second-order valence-corrected chi connectivity index (χ2v) is 5.59. The Bertz CT molecular complexity index is 615. The number of anilines is 1. The number of rotatable bonds is 4. The van der Waals surface area contributed by atoms with Gasteiger partial charge in [0, 0.05) is 21.8 Å². The van der Waals surface area contributed by atoms with Gasteiger partial charge < -0.3 is 10.1 Å². The predicted octanol–water partition coefficient (Wildman–Crippen LogP) is 5.08. The molecule has 0 fully saturated rings. The van der Waals surface area contributed by atoms with Gasteiger partial charge in [-0.25, -0.2) is 4.39 Å². The quantitative estimate of drug-likeness (QED) is 0.840. The highest BCUT2D eigenvalue weighted by atomic mass is 79.9. The van der Waals surface area contributed by atoms with Crippen molar-refractivity contribution in [1.29, 1.82) is 0 Å². The summed E-state index contributed by atoms with van der Waals surface area (Å²) >= 11 is 3.50. The minimum absolute atomic E-state index is 0.140. The Morgan fingerprint density at radius 3 is 2.60 bits per heavy atom. The van der Waals surface area contributed by atoms with Gasteiger partial charge in [0.2, 0.25) is 0 Å². The average molecular weight is 338 g/mol. The van der Waals surface area contributed by atoms with Crippen LogP contribution in [0.2, 0.25) is 0 Å². The molecule has 0 aliphatic heterocycles. The Labute approximate surface area is 127 Å². The van der Waals surface area contributed by atoms with Crippen molar-refractivity contribution in [3.63, 3.8) is 0 Å². The normalized spacial score (nSPS) is 12.1. The lowest BCUT2D eigenvalue weighted by atomic mass is 10.1. The summed E-state index contributed by atoms with van der Waals surface area (Å²) in [5.74, 6) is 0.253. The van der Waals surface area contributed by atoms with Crippen LogP contribution in [-0.4, -0.2) is 7.11 Å². The Kier molecular flexibility index (Phi) is 4.65. The fraction of sp³-hybridized carbons (Fsp3) is 0.250. The van der Waals surface area contributed by atoms with E-state index in [2.05, 4.69) is 21.2 Å². The fourth-order valence-corrected chi connectivity index (χ4v) is 2.41. The molecule has 106 valence electrons. The van der Waals surface area contributed by atoms with Crippen molar-refractivity contribution in [3.8, 4) is 5.75 Å². The third kappa shape index (κ3) is 3.31. The van der Waals surface area contributed by atoms with Gasteiger partial charge in [-0.3, -0.25) is 0 Å². The van der Waals surface area contributed by atoms with E-state index in [9.17, 15) is 4.39 Å². The van der Waals surface area contributed by atoms with Gasteiger partial charge in [-0.15, -0.1) is 0 Å². The van der Waals surface area contributed by atoms with Crippen LogP contribution in [0.25, 0.3) is 0 Å². The number of benzene rings is 2. The standard InChI is InChI=1S/C16H17BrFNO/c1-10-4-7-14(17)16(8-10)19-11(2)13-6-5-12(20-3)9-15(13)18/h4-9,11,19H,1-3H3. The molecule has 0 bridgehead atoms. The highest BCUT2D eigenvalue weighted by molar-refractivity contribution is 9.10. The Morgan fingerprint density at radius 1 is 1.20 bits per heavy atom. The van der Waals surface area contributed by atoms with Crippen molar-refractivity contribution in [3.05, 3.63) is 57.8 Å². The van der Waals surface area contributed by atoms with Crippen molar-refractivity contribution in [1.82, 2.24) is 0 Å². The molecule has 0 aromatic heterocycles. The van der Waals surface area contributed by atoms with E-state index in [4.69, 9.17) is 4.74 Å². The summed E-state index contributed by atoms with van der Waals surface area (Å²) in [5.41, 5.74) is 2.71. The van der Waals surface area contributed by atoms with Crippen molar-refractivity contribution in [2.24, 2.45) is 0 Å². The van der Waals surface area contributed by atoms with Gasteiger partial charge >= 0.3 is 0 Å². The number of hydrogen-bond donors (Lipinski definition) is 1. The summed E-state index contributed by atoms with van der Waals surface area (Å²) in [6.07, 6.45) is 0. The first-order chi connectivity index (χ1) is 9.51. The first-order valence-corrected chi connectivity index (χ1v) is 7.16. The van der Waals surface area contributed by atoms with Gasteiger partial charge in [0.05, 0.1) is 13.2 Å². The molecular weight excluding hydrogens is 321 g/mol. The van der Waals surface area contributed by atoms with E-state index in [0.29, 0.717) is 11.3 Å². The van der Waals surface area contributed by atoms with Crippen molar-refractivity contribution in [2.45, 2.75) is 19.9 Å². The Morgan fingerprint density at radius 2 is 1.95 bits per heavy atom. The monoisotopic (exact) mass is 337 g/mol. The van der Waals surface area contributed by atoms with Gasteiger partial charge in [-0.2, -0.15) is 0 Å². The van der Waals surface area contributed by atoms with Crippen LogP contribution in [-0.2, 0) is 0 Å². The summed E-state index contributed by atoms with van der Waals surface area (Å²) < 4.78 is 20.0. The Balaban J connectivity index is 2.23. The highest BCUT2D eigenvalue weighted by Crippen LogP contribution is 2.29. The number of ether oxygens (including phenoxy) is 1. The zero-order chi connectivity index (χ0) is 14.7. The van der Waals surface area contributed by atoms with Crippen molar-refractivity contribution >= 4 is 21.6 Å². The Hall–Kier alpha value is -1.55. The molecule has 20 heavy (non-hydrogen) atoms. The van der Waals surface area contributed by atoms with Crippen LogP contribution < -0.4 is 10.1 Å². The average Bonchev–Trinajstić information content (AvgIpc) is 2.42. The van der Waals surface area contributed by atoms with E-state index in [-0.39, 0.29) is 11.9 Å². The van der Waals surface area contributed by atoms with Crippen molar-refractivity contribution in [2.75, 3.05) is 12.4 Å². The molecule has 4 heteroatoms. The molecule has 2 nitrogen and oxygen atoms in total. The molecule has 2 aromatic carbocycles. The smallest absolute Gasteiger partial charge is 0.132 e. The van der Waals surface area contributed by atoms with Gasteiger partial charge in [0.15, 0.2) is 0 Å². The molecule has 0 heterocycles. The van der Waals surface area contributed by atoms with Crippen molar-refractivity contribution < 1.29 is 9.13 Å². The summed E-state index contributed by atoms with van der Waals surface area (Å²) in [7, 11) is 1.53.